The van der Waals surface area contributed by atoms with Crippen molar-refractivity contribution in [3.63, 3.8) is 0 Å². The zero-order valence-electron chi connectivity index (χ0n) is 9.20. The van der Waals surface area contributed by atoms with E-state index >= 15 is 0 Å². The molecule has 0 amide bonds. The van der Waals surface area contributed by atoms with E-state index in [1.54, 1.807) is 0 Å². The van der Waals surface area contributed by atoms with Gasteiger partial charge in [-0.25, -0.2) is 8.78 Å². The van der Waals surface area contributed by atoms with Gasteiger partial charge in [-0.3, -0.25) is 0 Å². The van der Waals surface area contributed by atoms with Crippen LogP contribution >= 0.6 is 0 Å². The van der Waals surface area contributed by atoms with Gasteiger partial charge in [0.05, 0.1) is 11.4 Å². The van der Waals surface area contributed by atoms with Gasteiger partial charge in [0, 0.05) is 6.54 Å². The number of nitrogens with two attached hydrogens (primary N) is 1. The SMILES string of the molecule is CC(C)(C)CNc1c(N)ccc(F)c1F. The van der Waals surface area contributed by atoms with Crippen LogP contribution in [0, 0.1) is 17.0 Å². The van der Waals surface area contributed by atoms with E-state index in [0.717, 1.165) is 6.07 Å². The second kappa shape index (κ2) is 4.04. The Balaban J connectivity index is 2.90. The quantitative estimate of drug-likeness (QED) is 0.743. The predicted octanol–water partition coefficient (Wildman–Crippen LogP) is 3.00. The van der Waals surface area contributed by atoms with Crippen molar-refractivity contribution in [3.05, 3.63) is 23.8 Å². The molecular weight excluding hydrogens is 198 g/mol. The van der Waals surface area contributed by atoms with Crippen LogP contribution in [0.25, 0.3) is 0 Å². The van der Waals surface area contributed by atoms with Gasteiger partial charge in [0.15, 0.2) is 11.6 Å². The summed E-state index contributed by atoms with van der Waals surface area (Å²) < 4.78 is 26.2. The summed E-state index contributed by atoms with van der Waals surface area (Å²) >= 11 is 0. The van der Waals surface area contributed by atoms with Crippen molar-refractivity contribution in [2.24, 2.45) is 5.41 Å². The molecule has 1 aromatic carbocycles. The molecule has 0 unspecified atom stereocenters. The lowest BCUT2D eigenvalue weighted by molar-refractivity contribution is 0.440. The minimum atomic E-state index is -0.917. The summed E-state index contributed by atoms with van der Waals surface area (Å²) in [6.45, 7) is 6.51. The molecule has 0 aliphatic rings. The van der Waals surface area contributed by atoms with Gasteiger partial charge in [0.25, 0.3) is 0 Å². The summed E-state index contributed by atoms with van der Waals surface area (Å²) in [6.07, 6.45) is 0. The standard InChI is InChI=1S/C11H16F2N2/c1-11(2,3)6-15-10-8(14)5-4-7(12)9(10)13/h4-5,15H,6,14H2,1-3H3. The maximum atomic E-state index is 13.3. The Labute approximate surface area is 88.5 Å². The molecule has 15 heavy (non-hydrogen) atoms. The highest BCUT2D eigenvalue weighted by atomic mass is 19.2. The zero-order valence-corrected chi connectivity index (χ0v) is 9.20. The monoisotopic (exact) mass is 214 g/mol. The molecule has 0 fully saturated rings. The fraction of sp³-hybridized carbons (Fsp3) is 0.455. The molecule has 0 atom stereocenters. The van der Waals surface area contributed by atoms with Crippen molar-refractivity contribution in [1.29, 1.82) is 0 Å². The van der Waals surface area contributed by atoms with Gasteiger partial charge in [-0.15, -0.1) is 0 Å². The molecule has 0 saturated heterocycles. The van der Waals surface area contributed by atoms with Crippen LogP contribution in [0.3, 0.4) is 0 Å². The Hall–Kier alpha value is -1.32. The Bertz CT molecular complexity index is 356. The highest BCUT2D eigenvalue weighted by molar-refractivity contribution is 5.66. The Morgan fingerprint density at radius 2 is 1.87 bits per heavy atom. The molecule has 2 nitrogen and oxygen atoms in total. The summed E-state index contributed by atoms with van der Waals surface area (Å²) in [5.74, 6) is -1.81. The molecule has 0 bridgehead atoms. The largest absolute Gasteiger partial charge is 0.397 e. The van der Waals surface area contributed by atoms with E-state index in [0.29, 0.717) is 6.54 Å². The molecule has 1 rings (SSSR count). The normalized spacial score (nSPS) is 11.5. The number of nitrogens with one attached hydrogen (secondary N) is 1. The third kappa shape index (κ3) is 3.08. The number of halogens is 2. The summed E-state index contributed by atoms with van der Waals surface area (Å²) in [7, 11) is 0. The summed E-state index contributed by atoms with van der Waals surface area (Å²) in [4.78, 5) is 0. The maximum Gasteiger partial charge on any atom is 0.183 e. The van der Waals surface area contributed by atoms with E-state index in [-0.39, 0.29) is 16.8 Å². The zero-order chi connectivity index (χ0) is 11.6. The van der Waals surface area contributed by atoms with Gasteiger partial charge < -0.3 is 11.1 Å². The van der Waals surface area contributed by atoms with Crippen LogP contribution in [0.4, 0.5) is 20.2 Å². The van der Waals surface area contributed by atoms with Crippen molar-refractivity contribution < 1.29 is 8.78 Å². The molecule has 0 aliphatic carbocycles. The lowest BCUT2D eigenvalue weighted by Crippen LogP contribution is -2.20. The van der Waals surface area contributed by atoms with Crippen LogP contribution in [0.5, 0.6) is 0 Å². The second-order valence-corrected chi connectivity index (χ2v) is 4.74. The molecule has 0 aromatic heterocycles. The van der Waals surface area contributed by atoms with Crippen molar-refractivity contribution in [1.82, 2.24) is 0 Å². The van der Waals surface area contributed by atoms with E-state index in [2.05, 4.69) is 5.32 Å². The first kappa shape index (κ1) is 11.8. The molecule has 3 N–H and O–H groups in total. The van der Waals surface area contributed by atoms with Gasteiger partial charge >= 0.3 is 0 Å². The van der Waals surface area contributed by atoms with Crippen molar-refractivity contribution in [2.75, 3.05) is 17.6 Å². The fourth-order valence-corrected chi connectivity index (χ4v) is 1.10. The molecule has 4 heteroatoms. The molecule has 0 radical (unpaired) electrons. The lowest BCUT2D eigenvalue weighted by atomic mass is 9.97. The van der Waals surface area contributed by atoms with E-state index in [4.69, 9.17) is 5.73 Å². The molecule has 1 aromatic rings. The Kier molecular flexibility index (Phi) is 3.17. The van der Waals surface area contributed by atoms with E-state index in [9.17, 15) is 8.78 Å². The van der Waals surface area contributed by atoms with E-state index in [1.807, 2.05) is 20.8 Å². The second-order valence-electron chi connectivity index (χ2n) is 4.74. The molecular formula is C11H16F2N2. The van der Waals surface area contributed by atoms with Gasteiger partial charge in [0.2, 0.25) is 0 Å². The Morgan fingerprint density at radius 3 is 2.40 bits per heavy atom. The number of rotatable bonds is 2. The topological polar surface area (TPSA) is 38.0 Å². The summed E-state index contributed by atoms with van der Waals surface area (Å²) in [6, 6.07) is 2.37. The highest BCUT2D eigenvalue weighted by Crippen LogP contribution is 2.26. The Morgan fingerprint density at radius 1 is 1.27 bits per heavy atom. The van der Waals surface area contributed by atoms with Gasteiger partial charge in [-0.2, -0.15) is 0 Å². The lowest BCUT2D eigenvalue weighted by Gasteiger charge is -2.20. The molecule has 0 spiro atoms. The van der Waals surface area contributed by atoms with Crippen LogP contribution in [0.2, 0.25) is 0 Å². The molecule has 0 aliphatic heterocycles. The number of hydrogen-bond donors (Lipinski definition) is 2. The van der Waals surface area contributed by atoms with Gasteiger partial charge in [-0.1, -0.05) is 20.8 Å². The predicted molar refractivity (Wildman–Crippen MR) is 58.7 cm³/mol. The van der Waals surface area contributed by atoms with Crippen LogP contribution in [0.15, 0.2) is 12.1 Å². The van der Waals surface area contributed by atoms with E-state index in [1.165, 1.54) is 6.07 Å². The molecule has 0 heterocycles. The van der Waals surface area contributed by atoms with Crippen LogP contribution in [0.1, 0.15) is 20.8 Å². The van der Waals surface area contributed by atoms with Crippen molar-refractivity contribution >= 4 is 11.4 Å². The van der Waals surface area contributed by atoms with Gasteiger partial charge in [0.1, 0.15) is 0 Å². The van der Waals surface area contributed by atoms with Crippen LogP contribution in [-0.2, 0) is 0 Å². The van der Waals surface area contributed by atoms with Crippen LogP contribution < -0.4 is 11.1 Å². The van der Waals surface area contributed by atoms with Gasteiger partial charge in [-0.05, 0) is 17.5 Å². The average molecular weight is 214 g/mol. The van der Waals surface area contributed by atoms with E-state index < -0.39 is 11.6 Å². The van der Waals surface area contributed by atoms with Crippen molar-refractivity contribution in [2.45, 2.75) is 20.8 Å². The molecule has 0 saturated carbocycles. The van der Waals surface area contributed by atoms with Crippen LogP contribution in [-0.4, -0.2) is 6.54 Å². The maximum absolute atomic E-state index is 13.3. The highest BCUT2D eigenvalue weighted by Gasteiger charge is 2.15. The first-order chi connectivity index (χ1) is 6.81. The minimum Gasteiger partial charge on any atom is -0.397 e. The fourth-order valence-electron chi connectivity index (χ4n) is 1.10. The van der Waals surface area contributed by atoms with Crippen molar-refractivity contribution in [3.8, 4) is 0 Å². The first-order valence-electron chi connectivity index (χ1n) is 4.78. The number of anilines is 2. The third-order valence-corrected chi connectivity index (χ3v) is 1.92. The summed E-state index contributed by atoms with van der Waals surface area (Å²) in [5, 5.41) is 2.82. The number of hydrogen-bond acceptors (Lipinski definition) is 2. The number of nitrogen functional groups attached to an aromatic ring is 1. The molecule has 84 valence electrons. The average Bonchev–Trinajstić information content (AvgIpc) is 2.10. The first-order valence-corrected chi connectivity index (χ1v) is 4.78. The third-order valence-electron chi connectivity index (χ3n) is 1.92. The summed E-state index contributed by atoms with van der Waals surface area (Å²) in [5.41, 5.74) is 5.79. The minimum absolute atomic E-state index is 0.0226. The smallest absolute Gasteiger partial charge is 0.183 e. The number of benzene rings is 1.